The van der Waals surface area contributed by atoms with E-state index >= 15 is 0 Å². The zero-order valence-corrected chi connectivity index (χ0v) is 19.7. The minimum atomic E-state index is -5.31. The number of hydrogen-bond acceptors (Lipinski definition) is 8. The first-order valence-electron chi connectivity index (χ1n) is 11.8. The van der Waals surface area contributed by atoms with Gasteiger partial charge in [-0.05, 0) is 55.0 Å². The highest BCUT2D eigenvalue weighted by Crippen LogP contribution is 2.27. The SMILES string of the molecule is O=C(CC(Cc1nc(CCCc2ccc3c(n2)NCCC3)no1)c1cccc(F)c1)OC(=O)C(F)(F)F. The summed E-state index contributed by atoms with van der Waals surface area (Å²) in [4.78, 5) is 32.0. The van der Waals surface area contributed by atoms with Crippen LogP contribution in [0.5, 0.6) is 0 Å². The number of pyridine rings is 1. The summed E-state index contributed by atoms with van der Waals surface area (Å²) in [7, 11) is 0. The van der Waals surface area contributed by atoms with Crippen molar-refractivity contribution in [3.8, 4) is 0 Å². The van der Waals surface area contributed by atoms with E-state index in [9.17, 15) is 27.2 Å². The molecule has 0 spiro atoms. The summed E-state index contributed by atoms with van der Waals surface area (Å²) in [6.45, 7) is 0.905. The van der Waals surface area contributed by atoms with E-state index in [4.69, 9.17) is 4.52 Å². The Morgan fingerprint density at radius 2 is 1.97 bits per heavy atom. The van der Waals surface area contributed by atoms with E-state index in [1.165, 1.54) is 23.8 Å². The molecule has 0 amide bonds. The number of benzene rings is 1. The molecule has 0 radical (unpaired) electrons. The van der Waals surface area contributed by atoms with Crippen LogP contribution in [0.1, 0.15) is 53.7 Å². The van der Waals surface area contributed by atoms with Crippen LogP contribution in [0, 0.1) is 5.82 Å². The molecule has 2 aromatic heterocycles. The molecule has 0 aliphatic carbocycles. The second kappa shape index (κ2) is 11.5. The minimum absolute atomic E-state index is 0.0657. The Bertz CT molecular complexity index is 1260. The number of nitrogens with one attached hydrogen (secondary N) is 1. The van der Waals surface area contributed by atoms with Crippen molar-refractivity contribution in [2.75, 3.05) is 11.9 Å². The molecule has 1 unspecified atom stereocenters. The van der Waals surface area contributed by atoms with E-state index in [2.05, 4.69) is 31.2 Å². The molecule has 0 bridgehead atoms. The average Bonchev–Trinajstić information content (AvgIpc) is 3.30. The number of aromatic nitrogens is 3. The van der Waals surface area contributed by atoms with Crippen molar-refractivity contribution in [2.45, 2.75) is 57.0 Å². The van der Waals surface area contributed by atoms with E-state index < -0.39 is 36.3 Å². The van der Waals surface area contributed by atoms with Crippen molar-refractivity contribution < 1.29 is 36.4 Å². The molecule has 0 fully saturated rings. The van der Waals surface area contributed by atoms with Crippen molar-refractivity contribution in [1.82, 2.24) is 15.1 Å². The number of aryl methyl sites for hydroxylation is 3. The number of esters is 2. The maximum Gasteiger partial charge on any atom is 0.491 e. The van der Waals surface area contributed by atoms with Crippen LogP contribution >= 0.6 is 0 Å². The summed E-state index contributed by atoms with van der Waals surface area (Å²) in [5.74, 6) is -4.01. The quantitative estimate of drug-likeness (QED) is 0.250. The summed E-state index contributed by atoms with van der Waals surface area (Å²) in [5, 5.41) is 7.23. The van der Waals surface area contributed by atoms with Gasteiger partial charge in [-0.2, -0.15) is 18.2 Å². The molecule has 3 aromatic rings. The molecule has 1 aliphatic rings. The number of fused-ring (bicyclic) bond motifs is 1. The van der Waals surface area contributed by atoms with E-state index in [1.807, 2.05) is 6.07 Å². The van der Waals surface area contributed by atoms with Crippen LogP contribution in [0.2, 0.25) is 0 Å². The number of hydrogen-bond donors (Lipinski definition) is 1. The molecular weight excluding hydrogens is 496 g/mol. The Morgan fingerprint density at radius 3 is 2.76 bits per heavy atom. The van der Waals surface area contributed by atoms with Crippen molar-refractivity contribution in [3.05, 3.63) is 70.8 Å². The van der Waals surface area contributed by atoms with Crippen molar-refractivity contribution in [1.29, 1.82) is 0 Å². The summed E-state index contributed by atoms with van der Waals surface area (Å²) in [6, 6.07) is 9.30. The van der Waals surface area contributed by atoms with E-state index in [0.717, 1.165) is 37.0 Å². The standard InChI is InChI=1S/C25H24F4N4O4/c26-18-6-1-4-16(12-18)17(14-22(34)36-24(35)25(27,28)29)13-21-32-20(33-37-21)8-2-7-19-10-9-15-5-3-11-30-23(15)31-19/h1,4,6,9-10,12,17H,2-3,5,7-8,11,13-14H2,(H,30,31). The highest BCUT2D eigenvalue weighted by molar-refractivity contribution is 5.88. The molecule has 1 aliphatic heterocycles. The van der Waals surface area contributed by atoms with Gasteiger partial charge in [0.05, 0.1) is 6.42 Å². The summed E-state index contributed by atoms with van der Waals surface area (Å²) in [5.41, 5.74) is 2.45. The van der Waals surface area contributed by atoms with E-state index in [0.29, 0.717) is 30.7 Å². The fraction of sp³-hybridized carbons (Fsp3) is 0.400. The predicted octanol–water partition coefficient (Wildman–Crippen LogP) is 4.49. The molecule has 196 valence electrons. The zero-order valence-electron chi connectivity index (χ0n) is 19.7. The first-order chi connectivity index (χ1) is 17.7. The van der Waals surface area contributed by atoms with Crippen molar-refractivity contribution in [2.24, 2.45) is 0 Å². The van der Waals surface area contributed by atoms with Crippen LogP contribution in [0.25, 0.3) is 0 Å². The van der Waals surface area contributed by atoms with Crippen LogP contribution < -0.4 is 5.32 Å². The third kappa shape index (κ3) is 7.34. The first kappa shape index (κ1) is 26.2. The fourth-order valence-corrected chi connectivity index (χ4v) is 4.09. The summed E-state index contributed by atoms with van der Waals surface area (Å²) < 4.78 is 60.2. The lowest BCUT2D eigenvalue weighted by molar-refractivity contribution is -0.202. The maximum atomic E-state index is 13.8. The monoisotopic (exact) mass is 520 g/mol. The number of rotatable bonds is 9. The highest BCUT2D eigenvalue weighted by atomic mass is 19.4. The maximum absolute atomic E-state index is 13.8. The normalized spacial score (nSPS) is 13.9. The first-order valence-corrected chi connectivity index (χ1v) is 11.8. The third-order valence-corrected chi connectivity index (χ3v) is 5.89. The van der Waals surface area contributed by atoms with Gasteiger partial charge >= 0.3 is 18.1 Å². The number of carbonyl (C=O) groups is 2. The van der Waals surface area contributed by atoms with Gasteiger partial charge in [-0.1, -0.05) is 23.4 Å². The average molecular weight is 520 g/mol. The van der Waals surface area contributed by atoms with Gasteiger partial charge in [0.25, 0.3) is 0 Å². The topological polar surface area (TPSA) is 107 Å². The van der Waals surface area contributed by atoms with Crippen LogP contribution in [-0.4, -0.2) is 39.8 Å². The summed E-state index contributed by atoms with van der Waals surface area (Å²) >= 11 is 0. The van der Waals surface area contributed by atoms with E-state index in [-0.39, 0.29) is 12.3 Å². The molecule has 8 nitrogen and oxygen atoms in total. The highest BCUT2D eigenvalue weighted by Gasteiger charge is 2.42. The Balaban J connectivity index is 1.37. The van der Waals surface area contributed by atoms with Gasteiger partial charge in [0.2, 0.25) is 5.89 Å². The molecule has 0 saturated carbocycles. The lowest BCUT2D eigenvalue weighted by atomic mass is 9.92. The molecule has 4 rings (SSSR count). The van der Waals surface area contributed by atoms with Crippen molar-refractivity contribution >= 4 is 17.8 Å². The predicted molar refractivity (Wildman–Crippen MR) is 122 cm³/mol. The van der Waals surface area contributed by atoms with Crippen LogP contribution in [0.4, 0.5) is 23.4 Å². The van der Waals surface area contributed by atoms with Crippen molar-refractivity contribution in [3.63, 3.8) is 0 Å². The number of anilines is 1. The Morgan fingerprint density at radius 1 is 1.14 bits per heavy atom. The molecular formula is C25H24F4N4O4. The van der Waals surface area contributed by atoms with Crippen LogP contribution in [0.3, 0.4) is 0 Å². The second-order valence-electron chi connectivity index (χ2n) is 8.72. The van der Waals surface area contributed by atoms with Gasteiger partial charge in [-0.25, -0.2) is 14.2 Å². The Kier molecular flexibility index (Phi) is 8.14. The second-order valence-corrected chi connectivity index (χ2v) is 8.72. The largest absolute Gasteiger partial charge is 0.491 e. The number of carbonyl (C=O) groups excluding carboxylic acids is 2. The van der Waals surface area contributed by atoms with Crippen LogP contribution in [-0.2, 0) is 40.0 Å². The summed E-state index contributed by atoms with van der Waals surface area (Å²) in [6.07, 6.45) is -2.02. The molecule has 12 heteroatoms. The van der Waals surface area contributed by atoms with Gasteiger partial charge in [0.1, 0.15) is 11.6 Å². The van der Waals surface area contributed by atoms with E-state index in [1.54, 1.807) is 0 Å². The molecule has 3 heterocycles. The Hall–Kier alpha value is -3.83. The number of alkyl halides is 3. The zero-order chi connectivity index (χ0) is 26.4. The van der Waals surface area contributed by atoms with Gasteiger partial charge in [-0.3, -0.25) is 4.79 Å². The van der Waals surface area contributed by atoms with Gasteiger partial charge in [-0.15, -0.1) is 0 Å². The minimum Gasteiger partial charge on any atom is -0.386 e. The molecule has 1 N–H and O–H groups in total. The van der Waals surface area contributed by atoms with Gasteiger partial charge in [0.15, 0.2) is 5.82 Å². The Labute approximate surface area is 209 Å². The lowest BCUT2D eigenvalue weighted by Crippen LogP contribution is -2.28. The molecule has 1 atom stereocenters. The molecule has 0 saturated heterocycles. The number of ether oxygens (including phenoxy) is 1. The lowest BCUT2D eigenvalue weighted by Gasteiger charge is -2.17. The number of nitrogens with zero attached hydrogens (tertiary/aromatic N) is 3. The fourth-order valence-electron chi connectivity index (χ4n) is 4.09. The number of halogens is 4. The smallest absolute Gasteiger partial charge is 0.386 e. The molecule has 1 aromatic carbocycles. The van der Waals surface area contributed by atoms with Crippen LogP contribution in [0.15, 0.2) is 40.9 Å². The molecule has 37 heavy (non-hydrogen) atoms. The van der Waals surface area contributed by atoms with Gasteiger partial charge < -0.3 is 14.6 Å². The third-order valence-electron chi connectivity index (χ3n) is 5.89. The van der Waals surface area contributed by atoms with Gasteiger partial charge in [0, 0.05) is 31.0 Å².